The Morgan fingerprint density at radius 1 is 1.13 bits per heavy atom. The largest absolute Gasteiger partial charge is 0.492 e. The van der Waals surface area contributed by atoms with Crippen LogP contribution in [0.1, 0.15) is 13.8 Å². The van der Waals surface area contributed by atoms with Gasteiger partial charge in [0.25, 0.3) is 0 Å². The second-order valence-corrected chi connectivity index (χ2v) is 8.76. The van der Waals surface area contributed by atoms with Crippen LogP contribution in [0.3, 0.4) is 0 Å². The van der Waals surface area contributed by atoms with E-state index < -0.39 is 6.10 Å². The summed E-state index contributed by atoms with van der Waals surface area (Å²) >= 11 is 13.1. The Bertz CT molecular complexity index is 1010. The predicted octanol–water partition coefficient (Wildman–Crippen LogP) is 5.67. The van der Waals surface area contributed by atoms with Crippen LogP contribution < -0.4 is 14.2 Å². The van der Waals surface area contributed by atoms with Crippen LogP contribution in [-0.4, -0.2) is 42.7 Å². The molecular formula is C22H27Cl2N4O2S+. The third-order valence-corrected chi connectivity index (χ3v) is 6.00. The van der Waals surface area contributed by atoms with E-state index in [4.69, 9.17) is 27.9 Å². The Morgan fingerprint density at radius 2 is 1.90 bits per heavy atom. The minimum Gasteiger partial charge on any atom is -0.492 e. The van der Waals surface area contributed by atoms with Crippen molar-refractivity contribution in [3.8, 4) is 5.75 Å². The average Bonchev–Trinajstić information content (AvgIpc) is 3.11. The van der Waals surface area contributed by atoms with E-state index in [9.17, 15) is 5.11 Å². The minimum atomic E-state index is -0.509. The fraction of sp³-hybridized carbons (Fsp3) is 0.409. The van der Waals surface area contributed by atoms with E-state index in [-0.39, 0.29) is 0 Å². The van der Waals surface area contributed by atoms with Crippen LogP contribution in [0.5, 0.6) is 5.75 Å². The van der Waals surface area contributed by atoms with Gasteiger partial charge in [-0.05, 0) is 66.7 Å². The van der Waals surface area contributed by atoms with Gasteiger partial charge in [0.1, 0.15) is 30.1 Å². The number of ether oxygens (including phenoxy) is 1. The highest BCUT2D eigenvalue weighted by Crippen LogP contribution is 2.31. The van der Waals surface area contributed by atoms with Crippen LogP contribution in [0.25, 0.3) is 10.2 Å². The van der Waals surface area contributed by atoms with Gasteiger partial charge in [-0.3, -0.25) is 0 Å². The Labute approximate surface area is 196 Å². The van der Waals surface area contributed by atoms with Gasteiger partial charge in [0.05, 0.1) is 21.8 Å². The number of alkyl halides is 2. The molecule has 1 atom stereocenters. The monoisotopic (exact) mass is 481 g/mol. The van der Waals surface area contributed by atoms with Crippen LogP contribution >= 0.6 is 34.5 Å². The highest BCUT2D eigenvalue weighted by molar-refractivity contribution is 7.21. The molecule has 0 aliphatic rings. The number of hydrogen-bond donors (Lipinski definition) is 1. The molecule has 0 fully saturated rings. The number of aliphatic hydroxyl groups is 1. The molecular weight excluding hydrogens is 455 g/mol. The van der Waals surface area contributed by atoms with Crippen molar-refractivity contribution in [2.24, 2.45) is 10.2 Å². The lowest BCUT2D eigenvalue weighted by atomic mass is 10.2. The summed E-state index contributed by atoms with van der Waals surface area (Å²) in [5.74, 6) is 1.78. The quantitative estimate of drug-likeness (QED) is 0.218. The Balaban J connectivity index is 1.87. The Morgan fingerprint density at radius 3 is 2.55 bits per heavy atom. The summed E-state index contributed by atoms with van der Waals surface area (Å²) in [6.45, 7) is 6.44. The molecule has 3 aromatic rings. The Hall–Kier alpha value is -1.93. The van der Waals surface area contributed by atoms with Gasteiger partial charge in [0.15, 0.2) is 0 Å². The number of halogens is 2. The predicted molar refractivity (Wildman–Crippen MR) is 129 cm³/mol. The molecule has 1 aromatic heterocycles. The molecule has 0 amide bonds. The molecule has 0 radical (unpaired) electrons. The van der Waals surface area contributed by atoms with E-state index in [2.05, 4.69) is 22.1 Å². The summed E-state index contributed by atoms with van der Waals surface area (Å²) in [6.07, 6.45) is -0.509. The van der Waals surface area contributed by atoms with Crippen molar-refractivity contribution >= 4 is 61.3 Å². The second-order valence-electron chi connectivity index (χ2n) is 7.00. The molecule has 0 spiro atoms. The molecule has 0 aliphatic heterocycles. The summed E-state index contributed by atoms with van der Waals surface area (Å²) in [5.41, 5.74) is 2.85. The van der Waals surface area contributed by atoms with Gasteiger partial charge in [-0.15, -0.1) is 23.2 Å². The summed E-state index contributed by atoms with van der Waals surface area (Å²) in [5, 5.41) is 19.6. The van der Waals surface area contributed by atoms with E-state index in [1.54, 1.807) is 6.92 Å². The molecule has 1 N–H and O–H groups in total. The molecule has 0 saturated carbocycles. The number of fused-ring (bicyclic) bond motifs is 1. The summed E-state index contributed by atoms with van der Waals surface area (Å²) in [4.78, 5) is 2.21. The molecule has 0 bridgehead atoms. The highest BCUT2D eigenvalue weighted by atomic mass is 35.5. The molecule has 2 aromatic carbocycles. The topological polar surface area (TPSA) is 61.3 Å². The van der Waals surface area contributed by atoms with Gasteiger partial charge in [0, 0.05) is 30.7 Å². The van der Waals surface area contributed by atoms with Crippen LogP contribution in [0.4, 0.5) is 16.5 Å². The number of anilines is 1. The first-order chi connectivity index (χ1) is 15.0. The van der Waals surface area contributed by atoms with Crippen molar-refractivity contribution in [3.63, 3.8) is 0 Å². The fourth-order valence-corrected chi connectivity index (χ4v) is 4.52. The van der Waals surface area contributed by atoms with Crippen LogP contribution in [0.2, 0.25) is 0 Å². The summed E-state index contributed by atoms with van der Waals surface area (Å²) < 4.78 is 8.62. The van der Waals surface area contributed by atoms with Gasteiger partial charge < -0.3 is 14.7 Å². The van der Waals surface area contributed by atoms with Crippen molar-refractivity contribution in [2.45, 2.75) is 26.5 Å². The number of aromatic nitrogens is 1. The van der Waals surface area contributed by atoms with Gasteiger partial charge >= 0.3 is 5.13 Å². The van der Waals surface area contributed by atoms with Crippen molar-refractivity contribution in [2.75, 3.05) is 36.4 Å². The summed E-state index contributed by atoms with van der Waals surface area (Å²) in [7, 11) is 0. The summed E-state index contributed by atoms with van der Waals surface area (Å²) in [6, 6.07) is 13.8. The molecule has 0 aliphatic carbocycles. The smallest absolute Gasteiger partial charge is 0.409 e. The van der Waals surface area contributed by atoms with E-state index in [1.807, 2.05) is 47.0 Å². The maximum absolute atomic E-state index is 9.97. The van der Waals surface area contributed by atoms with Gasteiger partial charge in [-0.2, -0.15) is 0 Å². The lowest BCUT2D eigenvalue weighted by Crippen LogP contribution is -2.37. The Kier molecular flexibility index (Phi) is 8.90. The van der Waals surface area contributed by atoms with Gasteiger partial charge in [-0.1, -0.05) is 0 Å². The molecule has 1 unspecified atom stereocenters. The van der Waals surface area contributed by atoms with E-state index in [0.29, 0.717) is 30.0 Å². The number of rotatable bonds is 11. The third-order valence-electron chi connectivity index (χ3n) is 4.65. The standard InChI is InChI=1S/C22H27Cl2N4O2S/c1-3-27(12-10-23)18-6-4-17(5-7-18)25-26-22-28(15-16(2)29)20-9-8-19(30-13-11-24)14-21(20)31-22/h4-9,14,16,29H,3,10-13,15H2,1-2H3/q+1. The SMILES string of the molecule is CCN(CCCl)c1ccc(N=Nc2sc3cc(OCCCl)ccc3[n+]2CC(C)O)cc1. The van der Waals surface area contributed by atoms with Crippen molar-refractivity contribution < 1.29 is 14.4 Å². The van der Waals surface area contributed by atoms with E-state index in [0.717, 1.165) is 40.4 Å². The molecule has 9 heteroatoms. The normalized spacial score (nSPS) is 12.5. The number of thiazole rings is 1. The second kappa shape index (κ2) is 11.6. The van der Waals surface area contributed by atoms with Crippen molar-refractivity contribution in [1.82, 2.24) is 0 Å². The lowest BCUT2D eigenvalue weighted by molar-refractivity contribution is -0.662. The van der Waals surface area contributed by atoms with E-state index in [1.165, 1.54) is 11.3 Å². The van der Waals surface area contributed by atoms with Crippen LogP contribution in [0, 0.1) is 0 Å². The van der Waals surface area contributed by atoms with E-state index >= 15 is 0 Å². The number of hydrogen-bond acceptors (Lipinski definition) is 6. The van der Waals surface area contributed by atoms with Crippen molar-refractivity contribution in [3.05, 3.63) is 42.5 Å². The third kappa shape index (κ3) is 6.29. The first kappa shape index (κ1) is 23.7. The van der Waals surface area contributed by atoms with Crippen molar-refractivity contribution in [1.29, 1.82) is 0 Å². The van der Waals surface area contributed by atoms with Crippen LogP contribution in [-0.2, 0) is 6.54 Å². The maximum atomic E-state index is 9.97. The number of azo groups is 1. The van der Waals surface area contributed by atoms with Gasteiger partial charge in [-0.25, -0.2) is 4.57 Å². The first-order valence-corrected chi connectivity index (χ1v) is 12.1. The maximum Gasteiger partial charge on any atom is 0.409 e. The molecule has 1 heterocycles. The molecule has 31 heavy (non-hydrogen) atoms. The average molecular weight is 482 g/mol. The van der Waals surface area contributed by atoms with Gasteiger partial charge in [0.2, 0.25) is 0 Å². The van der Waals surface area contributed by atoms with Crippen LogP contribution in [0.15, 0.2) is 52.7 Å². The lowest BCUT2D eigenvalue weighted by Gasteiger charge is -2.21. The molecule has 6 nitrogen and oxygen atoms in total. The zero-order chi connectivity index (χ0) is 22.2. The fourth-order valence-electron chi connectivity index (χ4n) is 3.22. The molecule has 0 saturated heterocycles. The zero-order valence-corrected chi connectivity index (χ0v) is 20.0. The highest BCUT2D eigenvalue weighted by Gasteiger charge is 2.21. The first-order valence-electron chi connectivity index (χ1n) is 10.2. The number of aliphatic hydroxyl groups excluding tert-OH is 1. The number of benzene rings is 2. The molecule has 3 rings (SSSR count). The number of nitrogens with zero attached hydrogens (tertiary/aromatic N) is 4. The molecule has 166 valence electrons. The minimum absolute atomic E-state index is 0.430. The zero-order valence-electron chi connectivity index (χ0n) is 17.7.